The quantitative estimate of drug-likeness (QED) is 0.540. The predicted molar refractivity (Wildman–Crippen MR) is 81.6 cm³/mol. The molecule has 1 aromatic heterocycles. The van der Waals surface area contributed by atoms with E-state index >= 15 is 0 Å². The van der Waals surface area contributed by atoms with Gasteiger partial charge in [0.25, 0.3) is 0 Å². The van der Waals surface area contributed by atoms with E-state index in [9.17, 15) is 20.1 Å². The number of fused-ring (bicyclic) bond motifs is 1. The molecule has 0 bridgehead atoms. The largest absolute Gasteiger partial charge is 0.462 e. The minimum absolute atomic E-state index is 0.237. The van der Waals surface area contributed by atoms with Crippen LogP contribution in [0.25, 0.3) is 11.0 Å². The van der Waals surface area contributed by atoms with Crippen molar-refractivity contribution in [3.05, 3.63) is 40.2 Å². The lowest BCUT2D eigenvalue weighted by Crippen LogP contribution is -2.60. The van der Waals surface area contributed by atoms with Gasteiger partial charge in [0.15, 0.2) is 0 Å². The lowest BCUT2D eigenvalue weighted by atomic mass is 9.99. The van der Waals surface area contributed by atoms with Crippen LogP contribution in [0.1, 0.15) is 5.56 Å². The van der Waals surface area contributed by atoms with Crippen LogP contribution in [0.2, 0.25) is 0 Å². The summed E-state index contributed by atoms with van der Waals surface area (Å²) in [6.45, 7) is 1.23. The summed E-state index contributed by atoms with van der Waals surface area (Å²) < 4.78 is 15.9. The number of hydrogen-bond donors (Lipinski definition) is 4. The minimum Gasteiger partial charge on any atom is -0.462 e. The average Bonchev–Trinajstić information content (AvgIpc) is 2.55. The maximum absolute atomic E-state index is 11.5. The van der Waals surface area contributed by atoms with Crippen LogP contribution < -0.4 is 10.4 Å². The Hall–Kier alpha value is -1.97. The Morgan fingerprint density at radius 1 is 1.12 bits per heavy atom. The van der Waals surface area contributed by atoms with Gasteiger partial charge < -0.3 is 34.3 Å². The summed E-state index contributed by atoms with van der Waals surface area (Å²) in [6, 6.07) is 6.12. The van der Waals surface area contributed by atoms with E-state index in [-0.39, 0.29) is 5.75 Å². The highest BCUT2D eigenvalue weighted by Gasteiger charge is 2.44. The summed E-state index contributed by atoms with van der Waals surface area (Å²) in [5, 5.41) is 39.4. The average molecular weight is 338 g/mol. The van der Waals surface area contributed by atoms with E-state index in [2.05, 4.69) is 0 Å². The fraction of sp³-hybridized carbons (Fsp3) is 0.438. The molecule has 0 aliphatic carbocycles. The van der Waals surface area contributed by atoms with Gasteiger partial charge in [-0.25, -0.2) is 4.79 Å². The molecule has 0 amide bonds. The third kappa shape index (κ3) is 3.02. The molecule has 0 spiro atoms. The fourth-order valence-corrected chi connectivity index (χ4v) is 2.68. The van der Waals surface area contributed by atoms with Gasteiger partial charge in [-0.1, -0.05) is 0 Å². The first-order valence-electron chi connectivity index (χ1n) is 7.42. The van der Waals surface area contributed by atoms with Crippen LogP contribution in [-0.4, -0.2) is 57.7 Å². The molecular formula is C16H18O8. The van der Waals surface area contributed by atoms with Crippen molar-refractivity contribution in [2.45, 2.75) is 37.6 Å². The van der Waals surface area contributed by atoms with E-state index in [4.69, 9.17) is 19.0 Å². The summed E-state index contributed by atoms with van der Waals surface area (Å²) in [5.41, 5.74) is 0.563. The van der Waals surface area contributed by atoms with Gasteiger partial charge in [0.1, 0.15) is 35.7 Å². The zero-order valence-electron chi connectivity index (χ0n) is 12.8. The van der Waals surface area contributed by atoms with Crippen molar-refractivity contribution in [2.75, 3.05) is 6.61 Å². The Bertz CT molecular complexity index is 783. The SMILES string of the molecule is Cc1cc(=O)oc2cc(O[C@@H]3OC(CO)[C@@H](O)C(O)C3O)ccc12. The molecule has 3 rings (SSSR count). The Kier molecular flexibility index (Phi) is 4.57. The smallest absolute Gasteiger partial charge is 0.336 e. The van der Waals surface area contributed by atoms with E-state index in [0.717, 1.165) is 10.9 Å². The van der Waals surface area contributed by atoms with Gasteiger partial charge in [-0.15, -0.1) is 0 Å². The highest BCUT2D eigenvalue weighted by Crippen LogP contribution is 2.27. The molecule has 4 N–H and O–H groups in total. The number of benzene rings is 1. The monoisotopic (exact) mass is 338 g/mol. The molecule has 2 aromatic rings. The molecule has 0 radical (unpaired) electrons. The van der Waals surface area contributed by atoms with Gasteiger partial charge in [0.2, 0.25) is 6.29 Å². The Morgan fingerprint density at radius 3 is 2.58 bits per heavy atom. The van der Waals surface area contributed by atoms with Crippen molar-refractivity contribution >= 4 is 11.0 Å². The van der Waals surface area contributed by atoms with Crippen LogP contribution in [0.3, 0.4) is 0 Å². The van der Waals surface area contributed by atoms with E-state index < -0.39 is 42.9 Å². The standard InChI is InChI=1S/C16H18O8/c1-7-4-12(18)23-10-5-8(2-3-9(7)10)22-16-15(21)14(20)13(19)11(6-17)24-16/h2-5,11,13-17,19-21H,6H2,1H3/t11?,13-,14?,15?,16-/m1/s1. The molecular weight excluding hydrogens is 320 g/mol. The highest BCUT2D eigenvalue weighted by molar-refractivity contribution is 5.81. The summed E-state index contributed by atoms with van der Waals surface area (Å²) in [5.74, 6) is 0.237. The van der Waals surface area contributed by atoms with Gasteiger partial charge in [0, 0.05) is 17.5 Å². The normalized spacial score (nSPS) is 30.5. The number of hydrogen-bond acceptors (Lipinski definition) is 8. The number of aryl methyl sites for hydroxylation is 1. The van der Waals surface area contributed by atoms with Crippen molar-refractivity contribution in [3.8, 4) is 5.75 Å². The van der Waals surface area contributed by atoms with Crippen molar-refractivity contribution in [3.63, 3.8) is 0 Å². The van der Waals surface area contributed by atoms with Crippen LogP contribution in [0.15, 0.2) is 33.5 Å². The molecule has 8 heteroatoms. The molecule has 3 unspecified atom stereocenters. The second kappa shape index (κ2) is 6.50. The summed E-state index contributed by atoms with van der Waals surface area (Å²) in [6.07, 6.45) is -6.85. The first kappa shape index (κ1) is 16.9. The maximum Gasteiger partial charge on any atom is 0.336 e. The predicted octanol–water partition coefficient (Wildman–Crippen LogP) is -0.720. The van der Waals surface area contributed by atoms with Crippen molar-refractivity contribution < 1.29 is 34.3 Å². The first-order chi connectivity index (χ1) is 11.4. The lowest BCUT2D eigenvalue weighted by molar-refractivity contribution is -0.277. The second-order valence-corrected chi connectivity index (χ2v) is 5.72. The van der Waals surface area contributed by atoms with Gasteiger partial charge in [-0.3, -0.25) is 0 Å². The zero-order chi connectivity index (χ0) is 17.4. The van der Waals surface area contributed by atoms with Gasteiger partial charge in [-0.05, 0) is 24.6 Å². The number of aliphatic hydroxyl groups excluding tert-OH is 4. The molecule has 8 nitrogen and oxygen atoms in total. The Labute approximate surface area is 136 Å². The molecule has 24 heavy (non-hydrogen) atoms. The third-order valence-electron chi connectivity index (χ3n) is 4.02. The molecule has 1 aliphatic rings. The maximum atomic E-state index is 11.5. The molecule has 1 aromatic carbocycles. The summed E-state index contributed by atoms with van der Waals surface area (Å²) in [4.78, 5) is 11.5. The lowest BCUT2D eigenvalue weighted by Gasteiger charge is -2.39. The van der Waals surface area contributed by atoms with Gasteiger partial charge in [0.05, 0.1) is 6.61 Å². The van der Waals surface area contributed by atoms with Crippen LogP contribution in [0.5, 0.6) is 5.75 Å². The summed E-state index contributed by atoms with van der Waals surface area (Å²) >= 11 is 0. The topological polar surface area (TPSA) is 130 Å². The Morgan fingerprint density at radius 2 is 1.88 bits per heavy atom. The van der Waals surface area contributed by atoms with Crippen LogP contribution in [0, 0.1) is 6.92 Å². The van der Waals surface area contributed by atoms with E-state index in [1.165, 1.54) is 12.1 Å². The molecule has 1 fully saturated rings. The highest BCUT2D eigenvalue weighted by atomic mass is 16.7. The number of aliphatic hydroxyl groups is 4. The number of rotatable bonds is 3. The molecule has 0 saturated carbocycles. The van der Waals surface area contributed by atoms with Crippen molar-refractivity contribution in [1.82, 2.24) is 0 Å². The van der Waals surface area contributed by atoms with Gasteiger partial charge >= 0.3 is 5.63 Å². The van der Waals surface area contributed by atoms with Crippen LogP contribution in [0.4, 0.5) is 0 Å². The van der Waals surface area contributed by atoms with E-state index in [1.807, 2.05) is 0 Å². The molecule has 2 heterocycles. The Balaban J connectivity index is 1.87. The molecule has 1 aliphatic heterocycles. The van der Waals surface area contributed by atoms with Crippen LogP contribution in [-0.2, 0) is 4.74 Å². The van der Waals surface area contributed by atoms with E-state index in [0.29, 0.717) is 5.58 Å². The second-order valence-electron chi connectivity index (χ2n) is 5.72. The molecule has 5 atom stereocenters. The third-order valence-corrected chi connectivity index (χ3v) is 4.02. The fourth-order valence-electron chi connectivity index (χ4n) is 2.68. The first-order valence-corrected chi connectivity index (χ1v) is 7.42. The molecule has 1 saturated heterocycles. The van der Waals surface area contributed by atoms with Crippen molar-refractivity contribution in [1.29, 1.82) is 0 Å². The van der Waals surface area contributed by atoms with E-state index in [1.54, 1.807) is 19.1 Å². The zero-order valence-corrected chi connectivity index (χ0v) is 12.8. The molecule has 130 valence electrons. The van der Waals surface area contributed by atoms with Crippen molar-refractivity contribution in [2.24, 2.45) is 0 Å². The summed E-state index contributed by atoms with van der Waals surface area (Å²) in [7, 11) is 0. The minimum atomic E-state index is -1.53. The number of ether oxygens (including phenoxy) is 2. The van der Waals surface area contributed by atoms with Gasteiger partial charge in [-0.2, -0.15) is 0 Å². The van der Waals surface area contributed by atoms with Crippen LogP contribution >= 0.6 is 0 Å².